The van der Waals surface area contributed by atoms with E-state index in [1.54, 1.807) is 22.8 Å². The van der Waals surface area contributed by atoms with Gasteiger partial charge in [-0.15, -0.1) is 5.10 Å². The number of rotatable bonds is 2. The van der Waals surface area contributed by atoms with E-state index >= 15 is 0 Å². The minimum Gasteiger partial charge on any atom is -0.326 e. The summed E-state index contributed by atoms with van der Waals surface area (Å²) in [6, 6.07) is 11.5. The molecule has 3 aromatic rings. The van der Waals surface area contributed by atoms with Crippen molar-refractivity contribution >= 4 is 17.2 Å². The van der Waals surface area contributed by atoms with Gasteiger partial charge >= 0.3 is 0 Å². The van der Waals surface area contributed by atoms with Crippen LogP contribution in [0.25, 0.3) is 17.0 Å². The number of nitrogens with two attached hydrogens (primary N) is 1. The van der Waals surface area contributed by atoms with Crippen molar-refractivity contribution in [2.45, 2.75) is 6.54 Å². The molecule has 2 heterocycles. The molecule has 2 aromatic heterocycles. The lowest BCUT2D eigenvalue weighted by Crippen LogP contribution is -1.95. The van der Waals surface area contributed by atoms with Crippen LogP contribution in [0.15, 0.2) is 42.6 Å². The van der Waals surface area contributed by atoms with Crippen LogP contribution in [0.4, 0.5) is 0 Å². The number of halogens is 1. The monoisotopic (exact) mass is 258 g/mol. The van der Waals surface area contributed by atoms with Gasteiger partial charge in [-0.2, -0.15) is 0 Å². The van der Waals surface area contributed by atoms with Gasteiger partial charge in [0.2, 0.25) is 0 Å². The molecular weight excluding hydrogens is 248 g/mol. The molecule has 0 aliphatic rings. The number of benzene rings is 1. The highest BCUT2D eigenvalue weighted by molar-refractivity contribution is 6.30. The summed E-state index contributed by atoms with van der Waals surface area (Å²) in [6.45, 7) is 0.536. The Morgan fingerprint density at radius 2 is 1.94 bits per heavy atom. The smallest absolute Gasteiger partial charge is 0.182 e. The van der Waals surface area contributed by atoms with Gasteiger partial charge in [0.1, 0.15) is 0 Å². The minimum absolute atomic E-state index is 0.536. The zero-order chi connectivity index (χ0) is 12.5. The van der Waals surface area contributed by atoms with Crippen LogP contribution in [0, 0.1) is 0 Å². The summed E-state index contributed by atoms with van der Waals surface area (Å²) >= 11 is 5.92. The van der Waals surface area contributed by atoms with E-state index in [9.17, 15) is 0 Å². The highest BCUT2D eigenvalue weighted by Gasteiger charge is 2.06. The average Bonchev–Trinajstić information content (AvgIpc) is 2.81. The standard InChI is InChI=1S/C13H11ClN4/c14-11-5-6-18-12(7-11)16-13(17-18)10-3-1-9(8-15)2-4-10/h1-7H,8,15H2. The van der Waals surface area contributed by atoms with Crippen molar-refractivity contribution in [1.29, 1.82) is 0 Å². The Bertz CT molecular complexity index is 688. The molecule has 4 nitrogen and oxygen atoms in total. The van der Waals surface area contributed by atoms with Gasteiger partial charge in [0, 0.05) is 29.4 Å². The Hall–Kier alpha value is -1.91. The Morgan fingerprint density at radius 3 is 2.67 bits per heavy atom. The van der Waals surface area contributed by atoms with Crippen LogP contribution < -0.4 is 5.73 Å². The molecule has 0 aliphatic carbocycles. The third-order valence-corrected chi connectivity index (χ3v) is 2.98. The van der Waals surface area contributed by atoms with Gasteiger partial charge in [0.05, 0.1) is 0 Å². The third kappa shape index (κ3) is 1.96. The number of aromatic nitrogens is 3. The largest absolute Gasteiger partial charge is 0.326 e. The lowest BCUT2D eigenvalue weighted by molar-refractivity contribution is 0.965. The lowest BCUT2D eigenvalue weighted by Gasteiger charge is -1.97. The first kappa shape index (κ1) is 11.2. The fourth-order valence-electron chi connectivity index (χ4n) is 1.77. The van der Waals surface area contributed by atoms with Crippen LogP contribution in [0.2, 0.25) is 5.02 Å². The number of nitrogens with zero attached hydrogens (tertiary/aromatic N) is 3. The number of hydrogen-bond acceptors (Lipinski definition) is 3. The fourth-order valence-corrected chi connectivity index (χ4v) is 1.92. The molecule has 0 aliphatic heterocycles. The first-order valence-corrected chi connectivity index (χ1v) is 5.95. The molecule has 0 amide bonds. The molecule has 0 unspecified atom stereocenters. The van der Waals surface area contributed by atoms with Gasteiger partial charge in [0.15, 0.2) is 11.5 Å². The predicted octanol–water partition coefficient (Wildman–Crippen LogP) is 2.51. The lowest BCUT2D eigenvalue weighted by atomic mass is 10.1. The second-order valence-electron chi connectivity index (χ2n) is 3.98. The highest BCUT2D eigenvalue weighted by Crippen LogP contribution is 2.18. The van der Waals surface area contributed by atoms with Gasteiger partial charge in [-0.05, 0) is 11.6 Å². The summed E-state index contributed by atoms with van der Waals surface area (Å²) < 4.78 is 1.71. The topological polar surface area (TPSA) is 56.2 Å². The van der Waals surface area contributed by atoms with E-state index in [4.69, 9.17) is 17.3 Å². The van der Waals surface area contributed by atoms with Crippen molar-refractivity contribution in [3.05, 3.63) is 53.2 Å². The molecule has 18 heavy (non-hydrogen) atoms. The third-order valence-electron chi connectivity index (χ3n) is 2.75. The summed E-state index contributed by atoms with van der Waals surface area (Å²) in [5.41, 5.74) is 8.36. The summed E-state index contributed by atoms with van der Waals surface area (Å²) in [4.78, 5) is 4.44. The van der Waals surface area contributed by atoms with Crippen molar-refractivity contribution in [3.63, 3.8) is 0 Å². The molecule has 90 valence electrons. The van der Waals surface area contributed by atoms with Crippen molar-refractivity contribution in [2.24, 2.45) is 5.73 Å². The molecule has 0 spiro atoms. The zero-order valence-corrected chi connectivity index (χ0v) is 10.3. The molecule has 3 rings (SSSR count). The molecule has 5 heteroatoms. The number of hydrogen-bond donors (Lipinski definition) is 1. The molecular formula is C13H11ClN4. The number of fused-ring (bicyclic) bond motifs is 1. The summed E-state index contributed by atoms with van der Waals surface area (Å²) in [5, 5.41) is 5.05. The second-order valence-corrected chi connectivity index (χ2v) is 4.42. The zero-order valence-electron chi connectivity index (χ0n) is 9.55. The average molecular weight is 259 g/mol. The maximum absolute atomic E-state index is 5.92. The maximum atomic E-state index is 5.92. The van der Waals surface area contributed by atoms with Gasteiger partial charge in [-0.3, -0.25) is 0 Å². The molecule has 0 radical (unpaired) electrons. The van der Waals surface area contributed by atoms with Crippen molar-refractivity contribution < 1.29 is 0 Å². The summed E-state index contributed by atoms with van der Waals surface area (Å²) in [7, 11) is 0. The molecule has 0 fully saturated rings. The predicted molar refractivity (Wildman–Crippen MR) is 71.3 cm³/mol. The van der Waals surface area contributed by atoms with E-state index in [1.807, 2.05) is 24.3 Å². The maximum Gasteiger partial charge on any atom is 0.182 e. The molecule has 0 atom stereocenters. The molecule has 2 N–H and O–H groups in total. The SMILES string of the molecule is NCc1ccc(-c2nc3cc(Cl)ccn3n2)cc1. The highest BCUT2D eigenvalue weighted by atomic mass is 35.5. The quantitative estimate of drug-likeness (QED) is 0.768. The summed E-state index contributed by atoms with van der Waals surface area (Å²) in [5.74, 6) is 0.681. The normalized spacial score (nSPS) is 11.0. The Labute approximate surface area is 109 Å². The second kappa shape index (κ2) is 4.40. The van der Waals surface area contributed by atoms with Crippen LogP contribution in [0.3, 0.4) is 0 Å². The van der Waals surface area contributed by atoms with E-state index in [0.717, 1.165) is 16.8 Å². The van der Waals surface area contributed by atoms with Crippen LogP contribution in [0.1, 0.15) is 5.56 Å². The van der Waals surface area contributed by atoms with E-state index in [2.05, 4.69) is 10.1 Å². The van der Waals surface area contributed by atoms with Crippen LogP contribution in [-0.4, -0.2) is 14.6 Å². The molecule has 1 aromatic carbocycles. The number of pyridine rings is 1. The summed E-state index contributed by atoms with van der Waals surface area (Å²) in [6.07, 6.45) is 1.79. The van der Waals surface area contributed by atoms with Crippen molar-refractivity contribution in [1.82, 2.24) is 14.6 Å². The van der Waals surface area contributed by atoms with Crippen LogP contribution in [0.5, 0.6) is 0 Å². The first-order chi connectivity index (χ1) is 8.76. The van der Waals surface area contributed by atoms with Gasteiger partial charge in [-0.25, -0.2) is 9.50 Å². The van der Waals surface area contributed by atoms with Gasteiger partial charge in [0.25, 0.3) is 0 Å². The Morgan fingerprint density at radius 1 is 1.17 bits per heavy atom. The van der Waals surface area contributed by atoms with Crippen molar-refractivity contribution in [2.75, 3.05) is 0 Å². The van der Waals surface area contributed by atoms with Gasteiger partial charge < -0.3 is 5.73 Å². The van der Waals surface area contributed by atoms with Gasteiger partial charge in [-0.1, -0.05) is 35.9 Å². The van der Waals surface area contributed by atoms with Crippen molar-refractivity contribution in [3.8, 4) is 11.4 Å². The molecule has 0 saturated heterocycles. The fraction of sp³-hybridized carbons (Fsp3) is 0.0769. The minimum atomic E-state index is 0.536. The first-order valence-electron chi connectivity index (χ1n) is 5.57. The van der Waals surface area contributed by atoms with Crippen LogP contribution >= 0.6 is 11.6 Å². The molecule has 0 bridgehead atoms. The molecule has 0 saturated carbocycles. The Balaban J connectivity index is 2.07. The Kier molecular flexibility index (Phi) is 2.74. The van der Waals surface area contributed by atoms with E-state index < -0.39 is 0 Å². The van der Waals surface area contributed by atoms with E-state index in [1.165, 1.54) is 0 Å². The van der Waals surface area contributed by atoms with Crippen LogP contribution in [-0.2, 0) is 6.54 Å². The van der Waals surface area contributed by atoms with E-state index in [0.29, 0.717) is 17.4 Å². The van der Waals surface area contributed by atoms with E-state index in [-0.39, 0.29) is 0 Å².